The molecule has 0 saturated carbocycles. The van der Waals surface area contributed by atoms with Crippen LogP contribution >= 0.6 is 0 Å². The molecule has 0 amide bonds. The Morgan fingerprint density at radius 2 is 2.25 bits per heavy atom. The Morgan fingerprint density at radius 3 is 2.88 bits per heavy atom. The van der Waals surface area contributed by atoms with E-state index in [0.29, 0.717) is 5.65 Å². The number of fused-ring (bicyclic) bond motifs is 1. The Hall–Kier alpha value is -1.91. The molecule has 0 bridgehead atoms. The molecule has 0 fully saturated rings. The number of carbonyl (C=O) groups is 1. The fourth-order valence-electron chi connectivity index (χ4n) is 1.79. The maximum absolute atomic E-state index is 10.7. The van der Waals surface area contributed by atoms with Gasteiger partial charge in [0.15, 0.2) is 0 Å². The van der Waals surface area contributed by atoms with E-state index in [1.165, 1.54) is 6.33 Å². The van der Waals surface area contributed by atoms with Crippen molar-refractivity contribution in [3.8, 4) is 0 Å². The van der Waals surface area contributed by atoms with Crippen molar-refractivity contribution in [3.05, 3.63) is 23.8 Å². The number of rotatable bonds is 3. The van der Waals surface area contributed by atoms with E-state index in [-0.39, 0.29) is 12.3 Å². The summed E-state index contributed by atoms with van der Waals surface area (Å²) in [6.45, 7) is 4.05. The van der Waals surface area contributed by atoms with E-state index in [1.54, 1.807) is 6.20 Å². The summed E-state index contributed by atoms with van der Waals surface area (Å²) in [6, 6.07) is 0. The van der Waals surface area contributed by atoms with Crippen LogP contribution < -0.4 is 0 Å². The van der Waals surface area contributed by atoms with E-state index in [2.05, 4.69) is 15.0 Å². The number of hydrogen-bond acceptors (Lipinski definition) is 3. The van der Waals surface area contributed by atoms with Gasteiger partial charge in [-0.1, -0.05) is 13.8 Å². The zero-order valence-electron chi connectivity index (χ0n) is 9.19. The highest BCUT2D eigenvalue weighted by atomic mass is 16.4. The third kappa shape index (κ3) is 1.76. The molecule has 2 N–H and O–H groups in total. The van der Waals surface area contributed by atoms with Crippen LogP contribution in [-0.2, 0) is 11.2 Å². The number of nitrogens with zero attached hydrogens (tertiary/aromatic N) is 2. The molecule has 0 aliphatic carbocycles. The monoisotopic (exact) mass is 219 g/mol. The van der Waals surface area contributed by atoms with Gasteiger partial charge < -0.3 is 10.1 Å². The average Bonchev–Trinajstić information content (AvgIpc) is 2.60. The zero-order valence-corrected chi connectivity index (χ0v) is 9.19. The molecule has 16 heavy (non-hydrogen) atoms. The molecule has 0 spiro atoms. The van der Waals surface area contributed by atoms with Gasteiger partial charge in [0, 0.05) is 11.6 Å². The summed E-state index contributed by atoms with van der Waals surface area (Å²) in [5.74, 6) is -0.603. The molecular formula is C11H13N3O2. The average molecular weight is 219 g/mol. The van der Waals surface area contributed by atoms with E-state index in [4.69, 9.17) is 5.11 Å². The number of aromatic amines is 1. The molecule has 0 aromatic carbocycles. The van der Waals surface area contributed by atoms with Crippen LogP contribution in [-0.4, -0.2) is 26.0 Å². The van der Waals surface area contributed by atoms with Gasteiger partial charge in [-0.2, -0.15) is 0 Å². The second-order valence-corrected chi connectivity index (χ2v) is 4.02. The minimum absolute atomic E-state index is 0.00685. The van der Waals surface area contributed by atoms with Gasteiger partial charge in [-0.15, -0.1) is 0 Å². The van der Waals surface area contributed by atoms with E-state index >= 15 is 0 Å². The normalized spacial score (nSPS) is 11.2. The molecule has 0 aliphatic heterocycles. The maximum Gasteiger partial charge on any atom is 0.307 e. The van der Waals surface area contributed by atoms with Crippen LogP contribution in [0.15, 0.2) is 12.5 Å². The maximum atomic E-state index is 10.7. The molecule has 2 heterocycles. The number of carboxylic acid groups (broad SMARTS) is 1. The second kappa shape index (κ2) is 3.92. The van der Waals surface area contributed by atoms with Crippen LogP contribution in [0.1, 0.15) is 31.0 Å². The van der Waals surface area contributed by atoms with Gasteiger partial charge in [-0.05, 0) is 11.5 Å². The smallest absolute Gasteiger partial charge is 0.307 e. The third-order valence-electron chi connectivity index (χ3n) is 2.47. The van der Waals surface area contributed by atoms with Crippen LogP contribution in [0.5, 0.6) is 0 Å². The molecule has 0 aliphatic rings. The molecule has 0 atom stereocenters. The lowest BCUT2D eigenvalue weighted by atomic mass is 10.0. The SMILES string of the molecule is CC(C)c1ncnc2[nH]cc(CC(=O)O)c12. The lowest BCUT2D eigenvalue weighted by Gasteiger charge is -2.06. The highest BCUT2D eigenvalue weighted by molar-refractivity contribution is 5.86. The summed E-state index contributed by atoms with van der Waals surface area (Å²) in [5, 5.41) is 9.67. The number of aromatic nitrogens is 3. The Balaban J connectivity index is 2.63. The van der Waals surface area contributed by atoms with Crippen LogP contribution in [0.25, 0.3) is 11.0 Å². The van der Waals surface area contributed by atoms with Gasteiger partial charge >= 0.3 is 5.97 Å². The molecule has 0 radical (unpaired) electrons. The summed E-state index contributed by atoms with van der Waals surface area (Å²) in [4.78, 5) is 22.0. The molecule has 0 saturated heterocycles. The largest absolute Gasteiger partial charge is 0.481 e. The van der Waals surface area contributed by atoms with Gasteiger partial charge in [0.2, 0.25) is 0 Å². The summed E-state index contributed by atoms with van der Waals surface area (Å²) in [7, 11) is 0. The van der Waals surface area contributed by atoms with Crippen LogP contribution in [0.4, 0.5) is 0 Å². The van der Waals surface area contributed by atoms with Gasteiger partial charge in [-0.3, -0.25) is 4.79 Å². The number of H-pyrrole nitrogens is 1. The minimum Gasteiger partial charge on any atom is -0.481 e. The molecular weight excluding hydrogens is 206 g/mol. The summed E-state index contributed by atoms with van der Waals surface area (Å²) < 4.78 is 0. The molecule has 2 rings (SSSR count). The van der Waals surface area contributed by atoms with E-state index in [0.717, 1.165) is 16.6 Å². The van der Waals surface area contributed by atoms with Crippen molar-refractivity contribution >= 4 is 17.0 Å². The molecule has 2 aromatic rings. The lowest BCUT2D eigenvalue weighted by molar-refractivity contribution is -0.136. The van der Waals surface area contributed by atoms with Crippen molar-refractivity contribution in [1.29, 1.82) is 0 Å². The summed E-state index contributed by atoms with van der Waals surface area (Å²) in [5.41, 5.74) is 2.34. The number of nitrogens with one attached hydrogen (secondary N) is 1. The van der Waals surface area contributed by atoms with Crippen molar-refractivity contribution in [2.24, 2.45) is 0 Å². The highest BCUT2D eigenvalue weighted by Gasteiger charge is 2.14. The van der Waals surface area contributed by atoms with Crippen LogP contribution in [0.2, 0.25) is 0 Å². The van der Waals surface area contributed by atoms with E-state index in [9.17, 15) is 4.79 Å². The Bertz CT molecular complexity index is 531. The van der Waals surface area contributed by atoms with E-state index < -0.39 is 5.97 Å². The Kier molecular flexibility index (Phi) is 2.60. The standard InChI is InChI=1S/C11H13N3O2/c1-6(2)10-9-7(3-8(15)16)4-12-11(9)14-5-13-10/h4-6H,3H2,1-2H3,(H,15,16)(H,12,13,14). The molecule has 5 nitrogen and oxygen atoms in total. The fourth-order valence-corrected chi connectivity index (χ4v) is 1.79. The summed E-state index contributed by atoms with van der Waals surface area (Å²) in [6.07, 6.45) is 3.19. The first kappa shape index (κ1) is 10.6. The number of carboxylic acids is 1. The molecule has 84 valence electrons. The van der Waals surface area contributed by atoms with Crippen molar-refractivity contribution < 1.29 is 9.90 Å². The van der Waals surface area contributed by atoms with Crippen LogP contribution in [0, 0.1) is 0 Å². The van der Waals surface area contributed by atoms with E-state index in [1.807, 2.05) is 13.8 Å². The molecule has 0 unspecified atom stereocenters. The topological polar surface area (TPSA) is 78.9 Å². The van der Waals surface area contributed by atoms with Gasteiger partial charge in [-0.25, -0.2) is 9.97 Å². The van der Waals surface area contributed by atoms with Crippen molar-refractivity contribution in [2.45, 2.75) is 26.2 Å². The molecule has 2 aromatic heterocycles. The number of hydrogen-bond donors (Lipinski definition) is 2. The Morgan fingerprint density at radius 1 is 1.50 bits per heavy atom. The van der Waals surface area contributed by atoms with Crippen LogP contribution in [0.3, 0.4) is 0 Å². The third-order valence-corrected chi connectivity index (χ3v) is 2.47. The zero-order chi connectivity index (χ0) is 11.7. The highest BCUT2D eigenvalue weighted by Crippen LogP contribution is 2.25. The fraction of sp³-hybridized carbons (Fsp3) is 0.364. The second-order valence-electron chi connectivity index (χ2n) is 4.02. The lowest BCUT2D eigenvalue weighted by Crippen LogP contribution is -2.01. The Labute approximate surface area is 92.5 Å². The number of aliphatic carboxylic acids is 1. The molecule has 5 heteroatoms. The summed E-state index contributed by atoms with van der Waals surface area (Å²) >= 11 is 0. The van der Waals surface area contributed by atoms with Gasteiger partial charge in [0.25, 0.3) is 0 Å². The minimum atomic E-state index is -0.848. The quantitative estimate of drug-likeness (QED) is 0.823. The van der Waals surface area contributed by atoms with Crippen molar-refractivity contribution in [3.63, 3.8) is 0 Å². The van der Waals surface area contributed by atoms with Gasteiger partial charge in [0.05, 0.1) is 12.1 Å². The van der Waals surface area contributed by atoms with Crippen molar-refractivity contribution in [1.82, 2.24) is 15.0 Å². The first-order valence-corrected chi connectivity index (χ1v) is 5.12. The first-order valence-electron chi connectivity index (χ1n) is 5.12. The predicted molar refractivity (Wildman–Crippen MR) is 59.3 cm³/mol. The van der Waals surface area contributed by atoms with Gasteiger partial charge in [0.1, 0.15) is 12.0 Å². The van der Waals surface area contributed by atoms with Crippen molar-refractivity contribution in [2.75, 3.05) is 0 Å². The first-order chi connectivity index (χ1) is 7.59. The predicted octanol–water partition coefficient (Wildman–Crippen LogP) is 1.71.